The van der Waals surface area contributed by atoms with E-state index in [0.29, 0.717) is 19.8 Å². The predicted octanol–water partition coefficient (Wildman–Crippen LogP) is 5.29. The molecule has 2 aliphatic rings. The van der Waals surface area contributed by atoms with Gasteiger partial charge in [0.2, 0.25) is 0 Å². The number of fused-ring (bicyclic) bond motifs is 1. The first-order valence-corrected chi connectivity index (χ1v) is 13.0. The Morgan fingerprint density at radius 2 is 0.947 bits per heavy atom. The van der Waals surface area contributed by atoms with Gasteiger partial charge in [-0.05, 0) is 54.8 Å². The van der Waals surface area contributed by atoms with Gasteiger partial charge in [-0.15, -0.1) is 0 Å². The van der Waals surface area contributed by atoms with Crippen LogP contribution >= 0.6 is 0 Å². The van der Waals surface area contributed by atoms with Crippen molar-refractivity contribution in [1.29, 1.82) is 0 Å². The predicted molar refractivity (Wildman–Crippen MR) is 142 cm³/mol. The van der Waals surface area contributed by atoms with Gasteiger partial charge in [-0.25, -0.2) is 0 Å². The fourth-order valence-electron chi connectivity index (χ4n) is 5.05. The molecule has 1 aliphatic carbocycles. The van der Waals surface area contributed by atoms with E-state index in [4.69, 9.17) is 33.2 Å². The van der Waals surface area contributed by atoms with Crippen molar-refractivity contribution < 1.29 is 33.2 Å². The van der Waals surface area contributed by atoms with Crippen LogP contribution in [0.2, 0.25) is 0 Å². The molecule has 7 nitrogen and oxygen atoms in total. The van der Waals surface area contributed by atoms with Gasteiger partial charge in [-0.3, -0.25) is 0 Å². The average molecular weight is 521 g/mol. The number of benzene rings is 3. The molecule has 1 aliphatic heterocycles. The molecular weight excluding hydrogens is 484 g/mol. The van der Waals surface area contributed by atoms with Crippen LogP contribution in [0.25, 0.3) is 0 Å². The van der Waals surface area contributed by atoms with Crippen LogP contribution in [0.1, 0.15) is 30.5 Å². The molecule has 7 heteroatoms. The molecule has 0 amide bonds. The van der Waals surface area contributed by atoms with Crippen LogP contribution < -0.4 is 9.47 Å². The van der Waals surface area contributed by atoms with Gasteiger partial charge in [-0.2, -0.15) is 0 Å². The number of rotatable bonds is 11. The summed E-state index contributed by atoms with van der Waals surface area (Å²) in [6.45, 7) is 5.08. The number of hydrogen-bond acceptors (Lipinski definition) is 7. The molecule has 202 valence electrons. The van der Waals surface area contributed by atoms with Gasteiger partial charge < -0.3 is 33.2 Å². The van der Waals surface area contributed by atoms with E-state index in [9.17, 15) is 0 Å². The molecule has 0 aromatic heterocycles. The molecule has 1 heterocycles. The minimum Gasteiger partial charge on any atom is -0.497 e. The summed E-state index contributed by atoms with van der Waals surface area (Å²) >= 11 is 0. The Kier molecular flexibility index (Phi) is 8.31. The highest BCUT2D eigenvalue weighted by Gasteiger charge is 2.61. The second kappa shape index (κ2) is 11.8. The first kappa shape index (κ1) is 26.7. The van der Waals surface area contributed by atoms with Gasteiger partial charge in [0.1, 0.15) is 42.0 Å². The second-order valence-corrected chi connectivity index (χ2v) is 10.1. The Hall–Kier alpha value is -2.94. The standard InChI is InChI=1S/C31H36O7/c1-31(2)37-29-27(35-18-21-8-6-5-7-9-21)26(34-19-22-10-14-24(32-3)15-11-22)28(30(29)38-31)36-20-23-12-16-25(33-4)17-13-23/h5-17,26-30H,18-20H2,1-4H3/t26-,27-,28+,29-,30+/m1/s1. The van der Waals surface area contributed by atoms with E-state index < -0.39 is 11.9 Å². The van der Waals surface area contributed by atoms with E-state index in [1.165, 1.54) is 0 Å². The van der Waals surface area contributed by atoms with Crippen molar-refractivity contribution in [2.75, 3.05) is 14.2 Å². The number of ether oxygens (including phenoxy) is 7. The van der Waals surface area contributed by atoms with Crippen molar-refractivity contribution in [3.05, 3.63) is 95.6 Å². The van der Waals surface area contributed by atoms with Crippen molar-refractivity contribution in [3.8, 4) is 11.5 Å². The van der Waals surface area contributed by atoms with Crippen LogP contribution in [0.4, 0.5) is 0 Å². The molecule has 1 saturated heterocycles. The van der Waals surface area contributed by atoms with Crippen LogP contribution in [-0.2, 0) is 43.5 Å². The zero-order valence-corrected chi connectivity index (χ0v) is 22.4. The zero-order chi connectivity index (χ0) is 26.5. The van der Waals surface area contributed by atoms with Crippen molar-refractivity contribution in [2.24, 2.45) is 0 Å². The minimum atomic E-state index is -0.744. The molecule has 0 bridgehead atoms. The minimum absolute atomic E-state index is 0.324. The van der Waals surface area contributed by atoms with Crippen molar-refractivity contribution in [1.82, 2.24) is 0 Å². The molecular formula is C31H36O7. The zero-order valence-electron chi connectivity index (χ0n) is 22.4. The molecule has 0 unspecified atom stereocenters. The summed E-state index contributed by atoms with van der Waals surface area (Å²) < 4.78 is 42.9. The van der Waals surface area contributed by atoms with Crippen molar-refractivity contribution in [3.63, 3.8) is 0 Å². The second-order valence-electron chi connectivity index (χ2n) is 10.1. The van der Waals surface area contributed by atoms with Gasteiger partial charge in [0, 0.05) is 0 Å². The lowest BCUT2D eigenvalue weighted by atomic mass is 10.2. The van der Waals surface area contributed by atoms with Crippen LogP contribution in [0.3, 0.4) is 0 Å². The van der Waals surface area contributed by atoms with Crippen LogP contribution in [0.5, 0.6) is 11.5 Å². The molecule has 1 saturated carbocycles. The summed E-state index contributed by atoms with van der Waals surface area (Å²) in [5, 5.41) is 0. The lowest BCUT2D eigenvalue weighted by Gasteiger charge is -2.30. The highest BCUT2D eigenvalue weighted by Crippen LogP contribution is 2.43. The van der Waals surface area contributed by atoms with Gasteiger partial charge >= 0.3 is 0 Å². The number of methoxy groups -OCH3 is 2. The fraction of sp³-hybridized carbons (Fsp3) is 0.419. The molecule has 0 N–H and O–H groups in total. The Balaban J connectivity index is 1.37. The van der Waals surface area contributed by atoms with Gasteiger partial charge in [-0.1, -0.05) is 54.6 Å². The fourth-order valence-corrected chi connectivity index (χ4v) is 5.05. The average Bonchev–Trinajstić information content (AvgIpc) is 3.39. The van der Waals surface area contributed by atoms with Gasteiger partial charge in [0.15, 0.2) is 5.79 Å². The monoisotopic (exact) mass is 520 g/mol. The maximum atomic E-state index is 6.53. The summed E-state index contributed by atoms with van der Waals surface area (Å²) in [7, 11) is 3.31. The SMILES string of the molecule is COc1ccc(CO[C@@H]2[C@@H](OCc3ccccc3)[C@H]3OC(C)(C)O[C@H]3[C@H]2OCc2ccc(OC)cc2)cc1. The molecule has 0 radical (unpaired) electrons. The van der Waals surface area contributed by atoms with E-state index in [1.807, 2.05) is 92.7 Å². The van der Waals surface area contributed by atoms with Crippen LogP contribution in [-0.4, -0.2) is 50.5 Å². The van der Waals surface area contributed by atoms with Crippen LogP contribution in [0.15, 0.2) is 78.9 Å². The molecule has 5 atom stereocenters. The van der Waals surface area contributed by atoms with Crippen molar-refractivity contribution in [2.45, 2.75) is 70.0 Å². The largest absolute Gasteiger partial charge is 0.497 e. The summed E-state index contributed by atoms with van der Waals surface area (Å²) in [5.74, 6) is 0.865. The third kappa shape index (κ3) is 6.20. The third-order valence-electron chi connectivity index (χ3n) is 6.95. The first-order chi connectivity index (χ1) is 18.5. The summed E-state index contributed by atoms with van der Waals surface area (Å²) in [6, 6.07) is 25.8. The molecule has 38 heavy (non-hydrogen) atoms. The normalized spacial score (nSPS) is 25.7. The maximum Gasteiger partial charge on any atom is 0.164 e. The summed E-state index contributed by atoms with van der Waals surface area (Å²) in [6.07, 6.45) is -1.81. The van der Waals surface area contributed by atoms with E-state index >= 15 is 0 Å². The third-order valence-corrected chi connectivity index (χ3v) is 6.95. The lowest BCUT2D eigenvalue weighted by Crippen LogP contribution is -2.42. The Bertz CT molecular complexity index is 1150. The van der Waals surface area contributed by atoms with Gasteiger partial charge in [0.05, 0.1) is 34.0 Å². The summed E-state index contributed by atoms with van der Waals surface area (Å²) in [4.78, 5) is 0. The van der Waals surface area contributed by atoms with E-state index in [-0.39, 0.29) is 24.4 Å². The molecule has 2 fully saturated rings. The van der Waals surface area contributed by atoms with E-state index in [0.717, 1.165) is 28.2 Å². The van der Waals surface area contributed by atoms with Crippen LogP contribution in [0, 0.1) is 0 Å². The smallest absolute Gasteiger partial charge is 0.164 e. The highest BCUT2D eigenvalue weighted by atomic mass is 16.8. The van der Waals surface area contributed by atoms with Gasteiger partial charge in [0.25, 0.3) is 0 Å². The summed E-state index contributed by atoms with van der Waals surface area (Å²) in [5.41, 5.74) is 3.14. The molecule has 3 aromatic rings. The van der Waals surface area contributed by atoms with E-state index in [2.05, 4.69) is 0 Å². The Morgan fingerprint density at radius 3 is 1.37 bits per heavy atom. The molecule has 3 aromatic carbocycles. The van der Waals surface area contributed by atoms with E-state index in [1.54, 1.807) is 14.2 Å². The Morgan fingerprint density at radius 1 is 0.553 bits per heavy atom. The molecule has 5 rings (SSSR count). The lowest BCUT2D eigenvalue weighted by molar-refractivity contribution is -0.213. The highest BCUT2D eigenvalue weighted by molar-refractivity contribution is 5.27. The van der Waals surface area contributed by atoms with Crippen molar-refractivity contribution >= 4 is 0 Å². The molecule has 0 spiro atoms. The Labute approximate surface area is 224 Å². The quantitative estimate of drug-likeness (QED) is 0.340. The topological polar surface area (TPSA) is 64.6 Å². The maximum absolute atomic E-state index is 6.53. The first-order valence-electron chi connectivity index (χ1n) is 13.0. The number of hydrogen-bond donors (Lipinski definition) is 0.